The molecule has 0 spiro atoms. The number of carbonyl (C=O) groups is 1. The van der Waals surface area contributed by atoms with Gasteiger partial charge in [-0.25, -0.2) is 0 Å². The van der Waals surface area contributed by atoms with Gasteiger partial charge in [0.15, 0.2) is 0 Å². The summed E-state index contributed by atoms with van der Waals surface area (Å²) in [6.45, 7) is 2.02. The van der Waals surface area contributed by atoms with Gasteiger partial charge in [-0.15, -0.1) is 0 Å². The second-order valence-corrected chi connectivity index (χ2v) is 4.84. The standard InChI is InChI=1S/C13H17BrO2/c1-3-4-13(15)12(14)9-10-5-7-11(16-2)8-6-10/h5-8,12H,3-4,9H2,1-2H3. The maximum atomic E-state index is 11.6. The van der Waals surface area contributed by atoms with Crippen molar-refractivity contribution >= 4 is 21.7 Å². The van der Waals surface area contributed by atoms with Crippen molar-refractivity contribution in [3.05, 3.63) is 29.8 Å². The quantitative estimate of drug-likeness (QED) is 0.749. The number of ether oxygens (including phenoxy) is 1. The summed E-state index contributed by atoms with van der Waals surface area (Å²) >= 11 is 3.44. The van der Waals surface area contributed by atoms with Crippen molar-refractivity contribution in [2.24, 2.45) is 0 Å². The van der Waals surface area contributed by atoms with Crippen LogP contribution in [0.3, 0.4) is 0 Å². The lowest BCUT2D eigenvalue weighted by atomic mass is 10.1. The van der Waals surface area contributed by atoms with Crippen LogP contribution in [0.25, 0.3) is 0 Å². The van der Waals surface area contributed by atoms with E-state index in [9.17, 15) is 4.79 Å². The van der Waals surface area contributed by atoms with Gasteiger partial charge in [0.25, 0.3) is 0 Å². The zero-order chi connectivity index (χ0) is 12.0. The fourth-order valence-electron chi connectivity index (χ4n) is 1.49. The summed E-state index contributed by atoms with van der Waals surface area (Å²) in [7, 11) is 1.65. The first-order chi connectivity index (χ1) is 7.67. The maximum absolute atomic E-state index is 11.6. The molecule has 1 aromatic carbocycles. The molecule has 0 N–H and O–H groups in total. The summed E-state index contributed by atoms with van der Waals surface area (Å²) < 4.78 is 5.08. The fourth-order valence-corrected chi connectivity index (χ4v) is 2.09. The molecule has 0 aromatic heterocycles. The van der Waals surface area contributed by atoms with E-state index in [1.165, 1.54) is 0 Å². The van der Waals surface area contributed by atoms with Crippen LogP contribution in [0, 0.1) is 0 Å². The van der Waals surface area contributed by atoms with Crippen LogP contribution in [0.1, 0.15) is 25.3 Å². The Labute approximate surface area is 105 Å². The Hall–Kier alpha value is -0.830. The van der Waals surface area contributed by atoms with Crippen LogP contribution in [0.2, 0.25) is 0 Å². The molecule has 0 heterocycles. The lowest BCUT2D eigenvalue weighted by Gasteiger charge is -2.08. The van der Waals surface area contributed by atoms with Gasteiger partial charge >= 0.3 is 0 Å². The minimum absolute atomic E-state index is 0.0687. The molecule has 0 bridgehead atoms. The number of halogens is 1. The Morgan fingerprint density at radius 2 is 2.00 bits per heavy atom. The highest BCUT2D eigenvalue weighted by Crippen LogP contribution is 2.16. The minimum Gasteiger partial charge on any atom is -0.497 e. The summed E-state index contributed by atoms with van der Waals surface area (Å²) in [6.07, 6.45) is 2.29. The van der Waals surface area contributed by atoms with Gasteiger partial charge in [0.05, 0.1) is 11.9 Å². The van der Waals surface area contributed by atoms with Gasteiger partial charge in [-0.1, -0.05) is 35.0 Å². The Balaban J connectivity index is 2.55. The molecule has 1 rings (SSSR count). The van der Waals surface area contributed by atoms with Gasteiger partial charge in [-0.2, -0.15) is 0 Å². The van der Waals surface area contributed by atoms with Crippen molar-refractivity contribution in [3.8, 4) is 5.75 Å². The van der Waals surface area contributed by atoms with Gasteiger partial charge in [0.1, 0.15) is 11.5 Å². The Morgan fingerprint density at radius 3 is 2.50 bits per heavy atom. The monoisotopic (exact) mass is 284 g/mol. The molecule has 0 amide bonds. The number of benzene rings is 1. The van der Waals surface area contributed by atoms with E-state index in [0.29, 0.717) is 6.42 Å². The normalized spacial score (nSPS) is 12.2. The molecule has 0 saturated heterocycles. The zero-order valence-electron chi connectivity index (χ0n) is 9.70. The van der Waals surface area contributed by atoms with Gasteiger partial charge in [0, 0.05) is 6.42 Å². The molecule has 88 valence electrons. The third kappa shape index (κ3) is 3.97. The van der Waals surface area contributed by atoms with E-state index in [2.05, 4.69) is 15.9 Å². The van der Waals surface area contributed by atoms with Crippen molar-refractivity contribution in [2.75, 3.05) is 7.11 Å². The average Bonchev–Trinajstić information content (AvgIpc) is 2.30. The molecule has 1 unspecified atom stereocenters. The molecule has 16 heavy (non-hydrogen) atoms. The molecule has 2 nitrogen and oxygen atoms in total. The molecule has 0 aliphatic heterocycles. The van der Waals surface area contributed by atoms with E-state index in [0.717, 1.165) is 24.2 Å². The second kappa shape index (κ2) is 6.69. The number of hydrogen-bond acceptors (Lipinski definition) is 2. The highest BCUT2D eigenvalue weighted by atomic mass is 79.9. The first-order valence-electron chi connectivity index (χ1n) is 5.47. The molecule has 0 fully saturated rings. The van der Waals surface area contributed by atoms with E-state index in [1.807, 2.05) is 31.2 Å². The van der Waals surface area contributed by atoms with E-state index >= 15 is 0 Å². The number of Topliss-reactive ketones (excluding diaryl/α,β-unsaturated/α-hetero) is 1. The molecule has 0 radical (unpaired) electrons. The molecule has 3 heteroatoms. The number of ketones is 1. The Bertz CT molecular complexity index is 332. The first kappa shape index (κ1) is 13.2. The fraction of sp³-hybridized carbons (Fsp3) is 0.462. The molecule has 0 saturated carbocycles. The summed E-state index contributed by atoms with van der Waals surface area (Å²) in [5, 5.41) is 0. The lowest BCUT2D eigenvalue weighted by molar-refractivity contribution is -0.118. The average molecular weight is 285 g/mol. The van der Waals surface area contributed by atoms with Crippen molar-refractivity contribution in [3.63, 3.8) is 0 Å². The van der Waals surface area contributed by atoms with Crippen LogP contribution in [-0.4, -0.2) is 17.7 Å². The minimum atomic E-state index is -0.0687. The highest BCUT2D eigenvalue weighted by Gasteiger charge is 2.14. The van der Waals surface area contributed by atoms with Crippen molar-refractivity contribution in [1.82, 2.24) is 0 Å². The lowest BCUT2D eigenvalue weighted by Crippen LogP contribution is -2.16. The number of rotatable bonds is 6. The van der Waals surface area contributed by atoms with Gasteiger partial charge in [0.2, 0.25) is 0 Å². The predicted octanol–water partition coefficient (Wildman–Crippen LogP) is 3.37. The molecule has 1 aromatic rings. The van der Waals surface area contributed by atoms with E-state index in [-0.39, 0.29) is 10.6 Å². The van der Waals surface area contributed by atoms with E-state index in [4.69, 9.17) is 4.74 Å². The smallest absolute Gasteiger partial charge is 0.146 e. The maximum Gasteiger partial charge on any atom is 0.146 e. The van der Waals surface area contributed by atoms with Crippen LogP contribution in [0.15, 0.2) is 24.3 Å². The summed E-state index contributed by atoms with van der Waals surface area (Å²) in [5.41, 5.74) is 1.15. The number of alkyl halides is 1. The van der Waals surface area contributed by atoms with Crippen molar-refractivity contribution in [1.29, 1.82) is 0 Å². The van der Waals surface area contributed by atoms with Gasteiger partial charge in [-0.3, -0.25) is 4.79 Å². The van der Waals surface area contributed by atoms with Crippen molar-refractivity contribution in [2.45, 2.75) is 31.0 Å². The molecular weight excluding hydrogens is 268 g/mol. The Kier molecular flexibility index (Phi) is 5.53. The SMILES string of the molecule is CCCC(=O)C(Br)Cc1ccc(OC)cc1. The van der Waals surface area contributed by atoms with E-state index < -0.39 is 0 Å². The summed E-state index contributed by atoms with van der Waals surface area (Å²) in [5.74, 6) is 1.12. The summed E-state index contributed by atoms with van der Waals surface area (Å²) in [4.78, 5) is 11.5. The molecule has 0 aliphatic carbocycles. The second-order valence-electron chi connectivity index (χ2n) is 3.74. The zero-order valence-corrected chi connectivity index (χ0v) is 11.3. The highest BCUT2D eigenvalue weighted by molar-refractivity contribution is 9.10. The van der Waals surface area contributed by atoms with Crippen LogP contribution in [-0.2, 0) is 11.2 Å². The first-order valence-corrected chi connectivity index (χ1v) is 6.38. The van der Waals surface area contributed by atoms with Crippen LogP contribution in [0.5, 0.6) is 5.75 Å². The topological polar surface area (TPSA) is 26.3 Å². The van der Waals surface area contributed by atoms with Crippen LogP contribution < -0.4 is 4.74 Å². The Morgan fingerprint density at radius 1 is 1.38 bits per heavy atom. The van der Waals surface area contributed by atoms with Gasteiger partial charge < -0.3 is 4.74 Å². The largest absolute Gasteiger partial charge is 0.497 e. The number of methoxy groups -OCH3 is 1. The van der Waals surface area contributed by atoms with Crippen LogP contribution in [0.4, 0.5) is 0 Å². The number of hydrogen-bond donors (Lipinski definition) is 0. The van der Waals surface area contributed by atoms with Gasteiger partial charge in [-0.05, 0) is 30.5 Å². The predicted molar refractivity (Wildman–Crippen MR) is 69.3 cm³/mol. The van der Waals surface area contributed by atoms with Crippen molar-refractivity contribution < 1.29 is 9.53 Å². The summed E-state index contributed by atoms with van der Waals surface area (Å²) in [6, 6.07) is 7.82. The van der Waals surface area contributed by atoms with E-state index in [1.54, 1.807) is 7.11 Å². The van der Waals surface area contributed by atoms with Crippen LogP contribution >= 0.6 is 15.9 Å². The third-order valence-corrected chi connectivity index (χ3v) is 3.25. The molecule has 1 atom stereocenters. The molecule has 0 aliphatic rings. The third-order valence-electron chi connectivity index (χ3n) is 2.42. The number of carbonyl (C=O) groups excluding carboxylic acids is 1. The molecular formula is C13H17BrO2.